The monoisotopic (exact) mass is 428 g/mol. The van der Waals surface area contributed by atoms with Crippen LogP contribution in [0.15, 0.2) is 65.1 Å². The molecule has 3 heteroatoms. The van der Waals surface area contributed by atoms with Crippen LogP contribution in [0, 0.1) is 23.7 Å². The van der Waals surface area contributed by atoms with Crippen molar-refractivity contribution in [2.24, 2.45) is 23.7 Å². The van der Waals surface area contributed by atoms with Gasteiger partial charge in [-0.05, 0) is 90.7 Å². The van der Waals surface area contributed by atoms with Crippen LogP contribution >= 0.6 is 11.6 Å². The fourth-order valence-corrected chi connectivity index (χ4v) is 7.60. The van der Waals surface area contributed by atoms with Crippen molar-refractivity contribution in [1.29, 1.82) is 0 Å². The number of aliphatic hydroxyl groups is 1. The van der Waals surface area contributed by atoms with E-state index in [1.807, 2.05) is 24.3 Å². The van der Waals surface area contributed by atoms with Crippen molar-refractivity contribution >= 4 is 33.5 Å². The first-order valence-electron chi connectivity index (χ1n) is 11.5. The van der Waals surface area contributed by atoms with Gasteiger partial charge in [-0.3, -0.25) is 0 Å². The third kappa shape index (κ3) is 2.49. The van der Waals surface area contributed by atoms with Gasteiger partial charge in [-0.1, -0.05) is 48.0 Å². The van der Waals surface area contributed by atoms with Gasteiger partial charge in [-0.25, -0.2) is 0 Å². The van der Waals surface area contributed by atoms with Gasteiger partial charge in [0, 0.05) is 21.9 Å². The maximum Gasteiger partial charge on any atom is 0.136 e. The molecule has 4 bridgehead atoms. The molecule has 31 heavy (non-hydrogen) atoms. The molecule has 3 aromatic carbocycles. The third-order valence-electron chi connectivity index (χ3n) is 8.49. The van der Waals surface area contributed by atoms with Crippen LogP contribution in [0.4, 0.5) is 0 Å². The number of halogens is 1. The lowest BCUT2D eigenvalue weighted by Crippen LogP contribution is -2.55. The number of hydrogen-bond acceptors (Lipinski definition) is 2. The van der Waals surface area contributed by atoms with Crippen LogP contribution in [0.25, 0.3) is 33.1 Å². The number of hydrogen-bond donors (Lipinski definition) is 1. The SMILES string of the molecule is OC1(c2ccccc2-c2cccc3oc4cc(Cl)ccc4c23)C2CC3CC(C2)CC1C3. The van der Waals surface area contributed by atoms with Gasteiger partial charge in [0.05, 0.1) is 5.60 Å². The summed E-state index contributed by atoms with van der Waals surface area (Å²) < 4.78 is 6.15. The summed E-state index contributed by atoms with van der Waals surface area (Å²) in [5.41, 5.74) is 4.33. The largest absolute Gasteiger partial charge is 0.456 e. The van der Waals surface area contributed by atoms with Crippen LogP contribution in [-0.2, 0) is 5.60 Å². The molecule has 0 spiro atoms. The van der Waals surface area contributed by atoms with E-state index in [2.05, 4.69) is 36.4 Å². The fourth-order valence-electron chi connectivity index (χ4n) is 7.43. The minimum atomic E-state index is -0.727. The Hall–Kier alpha value is -2.29. The first-order valence-corrected chi connectivity index (χ1v) is 11.9. The van der Waals surface area contributed by atoms with Crippen molar-refractivity contribution in [2.45, 2.75) is 37.7 Å². The zero-order valence-corrected chi connectivity index (χ0v) is 18.1. The molecule has 4 aliphatic rings. The maximum absolute atomic E-state index is 12.3. The molecule has 4 aliphatic carbocycles. The predicted octanol–water partition coefficient (Wildman–Crippen LogP) is 7.55. The molecule has 8 rings (SSSR count). The lowest BCUT2D eigenvalue weighted by molar-refractivity contribution is -0.179. The van der Waals surface area contributed by atoms with Crippen LogP contribution < -0.4 is 0 Å². The minimum Gasteiger partial charge on any atom is -0.456 e. The van der Waals surface area contributed by atoms with Gasteiger partial charge in [-0.2, -0.15) is 0 Å². The van der Waals surface area contributed by atoms with Gasteiger partial charge < -0.3 is 9.52 Å². The highest BCUT2D eigenvalue weighted by atomic mass is 35.5. The summed E-state index contributed by atoms with van der Waals surface area (Å²) in [5.74, 6) is 2.40. The Morgan fingerprint density at radius 2 is 1.48 bits per heavy atom. The summed E-state index contributed by atoms with van der Waals surface area (Å²) in [4.78, 5) is 0. The lowest BCUT2D eigenvalue weighted by atomic mass is 9.48. The maximum atomic E-state index is 12.3. The van der Waals surface area contributed by atoms with Gasteiger partial charge >= 0.3 is 0 Å². The number of furan rings is 1. The van der Waals surface area contributed by atoms with E-state index < -0.39 is 5.60 Å². The van der Waals surface area contributed by atoms with Crippen LogP contribution in [-0.4, -0.2) is 5.11 Å². The second-order valence-corrected chi connectivity index (χ2v) is 10.5. The molecule has 1 N–H and O–H groups in total. The lowest BCUT2D eigenvalue weighted by Gasteiger charge is -2.59. The fraction of sp³-hybridized carbons (Fsp3) is 0.357. The molecule has 0 atom stereocenters. The quantitative estimate of drug-likeness (QED) is 0.357. The van der Waals surface area contributed by atoms with Crippen LogP contribution in [0.5, 0.6) is 0 Å². The van der Waals surface area contributed by atoms with E-state index in [0.29, 0.717) is 16.9 Å². The first kappa shape index (κ1) is 18.3. The Balaban J connectivity index is 1.47. The van der Waals surface area contributed by atoms with Crippen molar-refractivity contribution in [1.82, 2.24) is 0 Å². The van der Waals surface area contributed by atoms with E-state index in [1.165, 1.54) is 32.1 Å². The highest BCUT2D eigenvalue weighted by Gasteiger charge is 2.57. The smallest absolute Gasteiger partial charge is 0.136 e. The Kier molecular flexibility index (Phi) is 3.76. The van der Waals surface area contributed by atoms with Crippen LogP contribution in [0.1, 0.15) is 37.7 Å². The summed E-state index contributed by atoms with van der Waals surface area (Å²) in [6.07, 6.45) is 6.09. The number of rotatable bonds is 2. The number of benzene rings is 3. The Morgan fingerprint density at radius 1 is 0.774 bits per heavy atom. The Morgan fingerprint density at radius 3 is 2.26 bits per heavy atom. The zero-order valence-electron chi connectivity index (χ0n) is 17.4. The van der Waals surface area contributed by atoms with Crippen molar-refractivity contribution in [2.75, 3.05) is 0 Å². The van der Waals surface area contributed by atoms with Gasteiger partial charge in [0.1, 0.15) is 11.2 Å². The second-order valence-electron chi connectivity index (χ2n) is 10.1. The topological polar surface area (TPSA) is 33.4 Å². The van der Waals surface area contributed by atoms with Crippen molar-refractivity contribution in [3.05, 3.63) is 71.2 Å². The predicted molar refractivity (Wildman–Crippen MR) is 125 cm³/mol. The molecule has 0 aliphatic heterocycles. The summed E-state index contributed by atoms with van der Waals surface area (Å²) in [6, 6.07) is 20.7. The molecule has 0 saturated heterocycles. The molecule has 0 radical (unpaired) electrons. The third-order valence-corrected chi connectivity index (χ3v) is 8.73. The van der Waals surface area contributed by atoms with Crippen LogP contribution in [0.2, 0.25) is 5.02 Å². The highest BCUT2D eigenvalue weighted by molar-refractivity contribution is 6.31. The Bertz CT molecular complexity index is 1310. The summed E-state index contributed by atoms with van der Waals surface area (Å²) >= 11 is 6.22. The molecule has 1 aromatic heterocycles. The minimum absolute atomic E-state index is 0.379. The second kappa shape index (κ2) is 6.37. The average molecular weight is 429 g/mol. The van der Waals surface area contributed by atoms with E-state index in [-0.39, 0.29) is 0 Å². The molecule has 1 heterocycles. The summed E-state index contributed by atoms with van der Waals surface area (Å²) in [5, 5.41) is 15.2. The molecule has 0 unspecified atom stereocenters. The molecule has 4 aromatic rings. The van der Waals surface area contributed by atoms with E-state index in [0.717, 1.165) is 50.5 Å². The normalized spacial score (nSPS) is 31.7. The molecule has 4 saturated carbocycles. The van der Waals surface area contributed by atoms with E-state index in [4.69, 9.17) is 16.0 Å². The average Bonchev–Trinajstić information content (AvgIpc) is 3.14. The zero-order chi connectivity index (χ0) is 20.7. The van der Waals surface area contributed by atoms with E-state index in [9.17, 15) is 5.11 Å². The number of fused-ring (bicyclic) bond motifs is 3. The van der Waals surface area contributed by atoms with Gasteiger partial charge in [0.15, 0.2) is 0 Å². The molecule has 2 nitrogen and oxygen atoms in total. The van der Waals surface area contributed by atoms with E-state index in [1.54, 1.807) is 0 Å². The molecular formula is C28H25ClO2. The van der Waals surface area contributed by atoms with Crippen molar-refractivity contribution < 1.29 is 9.52 Å². The summed E-state index contributed by atoms with van der Waals surface area (Å²) in [7, 11) is 0. The highest BCUT2D eigenvalue weighted by Crippen LogP contribution is 2.62. The van der Waals surface area contributed by atoms with Gasteiger partial charge in [-0.15, -0.1) is 0 Å². The Labute approximate surface area is 186 Å². The molecular weight excluding hydrogens is 404 g/mol. The van der Waals surface area contributed by atoms with Crippen LogP contribution in [0.3, 0.4) is 0 Å². The summed E-state index contributed by atoms with van der Waals surface area (Å²) in [6.45, 7) is 0. The molecule has 156 valence electrons. The van der Waals surface area contributed by atoms with Crippen molar-refractivity contribution in [3.8, 4) is 11.1 Å². The van der Waals surface area contributed by atoms with Gasteiger partial charge in [0.25, 0.3) is 0 Å². The van der Waals surface area contributed by atoms with E-state index >= 15 is 0 Å². The molecule has 0 amide bonds. The standard InChI is InChI=1S/C28H25ClO2/c29-20-8-9-23-26(15-20)31-25-7-3-5-22(27(23)25)21-4-1-2-6-24(21)28(30)18-11-16-10-17(13-18)14-19(28)12-16/h1-9,15-19,30H,10-14H2. The first-order chi connectivity index (χ1) is 15.1. The molecule has 4 fully saturated rings. The van der Waals surface area contributed by atoms with Crippen molar-refractivity contribution in [3.63, 3.8) is 0 Å². The van der Waals surface area contributed by atoms with Gasteiger partial charge in [0.2, 0.25) is 0 Å².